The third-order valence-electron chi connectivity index (χ3n) is 4.78. The lowest BCUT2D eigenvalue weighted by molar-refractivity contribution is 0.148. The van der Waals surface area contributed by atoms with Gasteiger partial charge in [-0.1, -0.05) is 19.3 Å². The smallest absolute Gasteiger partial charge is 0.213 e. The zero-order valence-corrected chi connectivity index (χ0v) is 13.8. The topological polar surface area (TPSA) is 72.5 Å². The number of hydrogen-bond donors (Lipinski definition) is 2. The third-order valence-corrected chi connectivity index (χ3v) is 4.78. The molecule has 2 aliphatic rings. The molecule has 3 N–H and O–H groups in total. The van der Waals surface area contributed by atoms with Gasteiger partial charge in [0, 0.05) is 18.3 Å². The zero-order chi connectivity index (χ0) is 15.9. The highest BCUT2D eigenvalue weighted by molar-refractivity contribution is 5.78. The minimum atomic E-state index is 0.323. The van der Waals surface area contributed by atoms with Crippen molar-refractivity contribution in [3.63, 3.8) is 0 Å². The third kappa shape index (κ3) is 5.12. The van der Waals surface area contributed by atoms with Gasteiger partial charge in [0.15, 0.2) is 5.96 Å². The van der Waals surface area contributed by atoms with Gasteiger partial charge in [-0.15, -0.1) is 0 Å². The van der Waals surface area contributed by atoms with Gasteiger partial charge in [-0.2, -0.15) is 0 Å². The first-order chi connectivity index (χ1) is 11.3. The summed E-state index contributed by atoms with van der Waals surface area (Å²) in [4.78, 5) is 8.77. The molecule has 3 rings (SSSR count). The molecule has 126 valence electrons. The highest BCUT2D eigenvalue weighted by Crippen LogP contribution is 2.22. The van der Waals surface area contributed by atoms with Crippen molar-refractivity contribution in [2.24, 2.45) is 10.7 Å². The van der Waals surface area contributed by atoms with E-state index >= 15 is 0 Å². The van der Waals surface area contributed by atoms with E-state index in [9.17, 15) is 0 Å². The Kier molecular flexibility index (Phi) is 5.72. The molecule has 1 heterocycles. The number of aliphatic imine (C=N–C) groups is 1. The van der Waals surface area contributed by atoms with Crippen LogP contribution in [0.4, 0.5) is 0 Å². The Morgan fingerprint density at radius 2 is 1.91 bits per heavy atom. The van der Waals surface area contributed by atoms with E-state index in [0.717, 1.165) is 18.4 Å². The lowest BCUT2D eigenvalue weighted by Crippen LogP contribution is -2.38. The van der Waals surface area contributed by atoms with Crippen molar-refractivity contribution in [1.29, 1.82) is 0 Å². The van der Waals surface area contributed by atoms with Crippen LogP contribution >= 0.6 is 0 Å². The molecule has 0 saturated heterocycles. The van der Waals surface area contributed by atoms with Gasteiger partial charge in [0.1, 0.15) is 6.10 Å². The molecule has 23 heavy (non-hydrogen) atoms. The molecule has 2 fully saturated rings. The van der Waals surface area contributed by atoms with Crippen LogP contribution in [-0.2, 0) is 6.54 Å². The second-order valence-electron chi connectivity index (χ2n) is 6.71. The maximum Gasteiger partial charge on any atom is 0.213 e. The summed E-state index contributed by atoms with van der Waals surface area (Å²) in [7, 11) is 0. The normalized spacial score (nSPS) is 20.6. The van der Waals surface area contributed by atoms with E-state index in [4.69, 9.17) is 10.5 Å². The number of rotatable bonds is 5. The van der Waals surface area contributed by atoms with Gasteiger partial charge in [-0.05, 0) is 50.2 Å². The highest BCUT2D eigenvalue weighted by atomic mass is 16.5. The minimum Gasteiger partial charge on any atom is -0.474 e. The maximum atomic E-state index is 6.00. The summed E-state index contributed by atoms with van der Waals surface area (Å²) >= 11 is 0. The predicted molar refractivity (Wildman–Crippen MR) is 92.5 cm³/mol. The summed E-state index contributed by atoms with van der Waals surface area (Å²) in [5.41, 5.74) is 7.07. The standard InChI is InChI=1S/C18H28N4O/c19-18(22-15-6-4-5-7-15)21-13-14-10-11-20-17(12-14)23-16-8-2-1-3-9-16/h10-12,15-16H,1-9,13H2,(H3,19,21,22). The first-order valence-corrected chi connectivity index (χ1v) is 8.97. The van der Waals surface area contributed by atoms with Gasteiger partial charge >= 0.3 is 0 Å². The van der Waals surface area contributed by atoms with Crippen LogP contribution < -0.4 is 15.8 Å². The van der Waals surface area contributed by atoms with Crippen LogP contribution in [0.1, 0.15) is 63.4 Å². The van der Waals surface area contributed by atoms with Crippen LogP contribution in [0.25, 0.3) is 0 Å². The van der Waals surface area contributed by atoms with Crippen molar-refractivity contribution in [3.05, 3.63) is 23.9 Å². The first-order valence-electron chi connectivity index (χ1n) is 8.97. The molecule has 5 heteroatoms. The van der Waals surface area contributed by atoms with E-state index < -0.39 is 0 Å². The van der Waals surface area contributed by atoms with Crippen molar-refractivity contribution in [2.45, 2.75) is 76.5 Å². The number of nitrogens with zero attached hydrogens (tertiary/aromatic N) is 2. The van der Waals surface area contributed by atoms with E-state index in [0.29, 0.717) is 30.5 Å². The van der Waals surface area contributed by atoms with Crippen LogP contribution in [0, 0.1) is 0 Å². The van der Waals surface area contributed by atoms with E-state index in [-0.39, 0.29) is 0 Å². The monoisotopic (exact) mass is 316 g/mol. The molecule has 1 aromatic heterocycles. The van der Waals surface area contributed by atoms with Crippen LogP contribution in [0.15, 0.2) is 23.3 Å². The summed E-state index contributed by atoms with van der Waals surface area (Å²) in [5, 5.41) is 3.31. The molecular formula is C18H28N4O. The fourth-order valence-corrected chi connectivity index (χ4v) is 3.47. The fourth-order valence-electron chi connectivity index (χ4n) is 3.47. The second-order valence-corrected chi connectivity index (χ2v) is 6.71. The van der Waals surface area contributed by atoms with Crippen molar-refractivity contribution in [2.75, 3.05) is 0 Å². The van der Waals surface area contributed by atoms with Gasteiger partial charge in [-0.3, -0.25) is 0 Å². The molecule has 0 atom stereocenters. The Hall–Kier alpha value is -1.78. The Labute approximate surface area is 138 Å². The van der Waals surface area contributed by atoms with Gasteiger partial charge < -0.3 is 15.8 Å². The van der Waals surface area contributed by atoms with E-state index in [1.165, 1.54) is 44.9 Å². The first kappa shape index (κ1) is 16.1. The van der Waals surface area contributed by atoms with Gasteiger partial charge in [0.2, 0.25) is 5.88 Å². The number of nitrogens with two attached hydrogens (primary N) is 1. The quantitative estimate of drug-likeness (QED) is 0.646. The summed E-state index contributed by atoms with van der Waals surface area (Å²) < 4.78 is 6.00. The maximum absolute atomic E-state index is 6.00. The van der Waals surface area contributed by atoms with E-state index in [1.807, 2.05) is 12.1 Å². The van der Waals surface area contributed by atoms with Crippen LogP contribution in [-0.4, -0.2) is 23.1 Å². The molecule has 2 saturated carbocycles. The number of nitrogens with one attached hydrogen (secondary N) is 1. The predicted octanol–water partition coefficient (Wildman–Crippen LogP) is 3.14. The largest absolute Gasteiger partial charge is 0.474 e. The van der Waals surface area contributed by atoms with E-state index in [1.54, 1.807) is 6.20 Å². The lowest BCUT2D eigenvalue weighted by atomic mass is 9.98. The lowest BCUT2D eigenvalue weighted by Gasteiger charge is -2.22. The average Bonchev–Trinajstić information content (AvgIpc) is 3.07. The molecular weight excluding hydrogens is 288 g/mol. The van der Waals surface area contributed by atoms with Crippen molar-refractivity contribution < 1.29 is 4.74 Å². The zero-order valence-electron chi connectivity index (χ0n) is 13.8. The van der Waals surface area contributed by atoms with Gasteiger partial charge in [0.05, 0.1) is 6.54 Å². The Morgan fingerprint density at radius 1 is 1.17 bits per heavy atom. The molecule has 0 bridgehead atoms. The number of aromatic nitrogens is 1. The van der Waals surface area contributed by atoms with Crippen molar-refractivity contribution >= 4 is 5.96 Å². The van der Waals surface area contributed by atoms with Crippen LogP contribution in [0.2, 0.25) is 0 Å². The van der Waals surface area contributed by atoms with Gasteiger partial charge in [0.25, 0.3) is 0 Å². The van der Waals surface area contributed by atoms with Gasteiger partial charge in [-0.25, -0.2) is 9.98 Å². The average molecular weight is 316 g/mol. The molecule has 0 amide bonds. The van der Waals surface area contributed by atoms with Crippen LogP contribution in [0.5, 0.6) is 5.88 Å². The highest BCUT2D eigenvalue weighted by Gasteiger charge is 2.16. The summed E-state index contributed by atoms with van der Waals surface area (Å²) in [6.45, 7) is 0.565. The summed E-state index contributed by atoms with van der Waals surface area (Å²) in [6, 6.07) is 4.46. The number of pyridine rings is 1. The summed E-state index contributed by atoms with van der Waals surface area (Å²) in [5.74, 6) is 1.26. The molecule has 0 aromatic carbocycles. The van der Waals surface area contributed by atoms with Crippen molar-refractivity contribution in [3.8, 4) is 5.88 Å². The fraction of sp³-hybridized carbons (Fsp3) is 0.667. The number of guanidine groups is 1. The van der Waals surface area contributed by atoms with Crippen molar-refractivity contribution in [1.82, 2.24) is 10.3 Å². The Balaban J connectivity index is 1.52. The SMILES string of the molecule is NC(=NCc1ccnc(OC2CCCCC2)c1)NC1CCCC1. The molecule has 1 aromatic rings. The number of ether oxygens (including phenoxy) is 1. The molecule has 2 aliphatic carbocycles. The molecule has 0 unspecified atom stereocenters. The molecule has 0 radical (unpaired) electrons. The Bertz CT molecular complexity index is 520. The minimum absolute atomic E-state index is 0.323. The van der Waals surface area contributed by atoms with Crippen LogP contribution in [0.3, 0.4) is 0 Å². The van der Waals surface area contributed by atoms with E-state index in [2.05, 4.69) is 15.3 Å². The Morgan fingerprint density at radius 3 is 2.70 bits per heavy atom. The molecule has 0 spiro atoms. The second kappa shape index (κ2) is 8.18. The molecule has 0 aliphatic heterocycles. The number of hydrogen-bond acceptors (Lipinski definition) is 3. The summed E-state index contributed by atoms with van der Waals surface area (Å²) in [6.07, 6.45) is 13.2. The molecule has 5 nitrogen and oxygen atoms in total.